The van der Waals surface area contributed by atoms with Gasteiger partial charge in [-0.3, -0.25) is 14.4 Å². The zero-order chi connectivity index (χ0) is 40.7. The molecule has 0 spiro atoms. The fourth-order valence-electron chi connectivity index (χ4n) is 7.65. The third kappa shape index (κ3) is 33.0. The van der Waals surface area contributed by atoms with Crippen LogP contribution in [0.25, 0.3) is 0 Å². The third-order valence-corrected chi connectivity index (χ3v) is 11.2. The molecule has 0 saturated heterocycles. The van der Waals surface area contributed by atoms with Gasteiger partial charge in [0, 0.05) is 12.8 Å². The molecule has 0 bridgehead atoms. The quantitative estimate of drug-likeness (QED) is 0.0350. The summed E-state index contributed by atoms with van der Waals surface area (Å²) in [4.78, 5) is 37.0. The van der Waals surface area contributed by atoms with E-state index in [1.807, 2.05) is 0 Å². The average Bonchev–Trinajstić information content (AvgIpc) is 3.17. The molecule has 55 heavy (non-hydrogen) atoms. The van der Waals surface area contributed by atoms with Gasteiger partial charge in [-0.15, -0.1) is 0 Å². The van der Waals surface area contributed by atoms with Gasteiger partial charge < -0.3 is 29.9 Å². The van der Waals surface area contributed by atoms with E-state index in [0.717, 1.165) is 89.9 Å². The van der Waals surface area contributed by atoms with Crippen LogP contribution in [-0.4, -0.2) is 70.4 Å². The lowest BCUT2D eigenvalue weighted by molar-refractivity contribution is -0.174. The Kier molecular flexibility index (Phi) is 37.9. The number of rotatable bonds is 43. The Morgan fingerprint density at radius 2 is 0.873 bits per heavy atom. The van der Waals surface area contributed by atoms with Gasteiger partial charge in [0.25, 0.3) is 0 Å². The summed E-state index contributed by atoms with van der Waals surface area (Å²) in [6, 6.07) is 0. The molecular weight excluding hydrogens is 696 g/mol. The first-order valence-electron chi connectivity index (χ1n) is 23.2. The second-order valence-corrected chi connectivity index (χ2v) is 16.5. The lowest BCUT2D eigenvalue weighted by Gasteiger charge is -2.34. The molecular formula is C46H88O9. The Balaban J connectivity index is 4.66. The predicted octanol–water partition coefficient (Wildman–Crippen LogP) is 11.6. The molecule has 9 heteroatoms. The van der Waals surface area contributed by atoms with Gasteiger partial charge in [0.15, 0.2) is 6.10 Å². The molecule has 3 atom stereocenters. The van der Waals surface area contributed by atoms with Crippen LogP contribution in [0.1, 0.15) is 239 Å². The Hall–Kier alpha value is -1.71. The van der Waals surface area contributed by atoms with Crippen LogP contribution in [0, 0.1) is 5.41 Å². The van der Waals surface area contributed by atoms with Crippen LogP contribution < -0.4 is 0 Å². The number of aliphatic hydroxyl groups is 3. The number of carboxylic acid groups (broad SMARTS) is 1. The summed E-state index contributed by atoms with van der Waals surface area (Å²) in [5.74, 6) is -1.52. The number of ether oxygens (including phenoxy) is 2. The minimum atomic E-state index is -1.04. The first-order valence-corrected chi connectivity index (χ1v) is 23.2. The van der Waals surface area contributed by atoms with Crippen LogP contribution in [0.5, 0.6) is 0 Å². The Labute approximate surface area is 337 Å². The van der Waals surface area contributed by atoms with E-state index in [2.05, 4.69) is 13.8 Å². The van der Waals surface area contributed by atoms with Crippen molar-refractivity contribution in [3.8, 4) is 0 Å². The second-order valence-electron chi connectivity index (χ2n) is 16.5. The lowest BCUT2D eigenvalue weighted by atomic mass is 9.73. The van der Waals surface area contributed by atoms with Gasteiger partial charge in [0.05, 0.1) is 24.7 Å². The first kappa shape index (κ1) is 53.3. The monoisotopic (exact) mass is 785 g/mol. The van der Waals surface area contributed by atoms with E-state index in [1.165, 1.54) is 103 Å². The Morgan fingerprint density at radius 1 is 0.509 bits per heavy atom. The molecule has 326 valence electrons. The van der Waals surface area contributed by atoms with Crippen molar-refractivity contribution in [1.29, 1.82) is 0 Å². The van der Waals surface area contributed by atoms with E-state index >= 15 is 0 Å². The highest BCUT2D eigenvalue weighted by Gasteiger charge is 2.41. The maximum absolute atomic E-state index is 13.9. The van der Waals surface area contributed by atoms with Crippen molar-refractivity contribution in [2.24, 2.45) is 5.41 Å². The number of aliphatic carboxylic acids is 1. The molecule has 0 aliphatic heterocycles. The molecule has 0 rings (SSSR count). The van der Waals surface area contributed by atoms with E-state index in [9.17, 15) is 29.7 Å². The molecule has 0 aliphatic rings. The molecule has 9 nitrogen and oxygen atoms in total. The number of carbonyl (C=O) groups excluding carboxylic acids is 2. The van der Waals surface area contributed by atoms with Crippen LogP contribution in [0.4, 0.5) is 0 Å². The van der Waals surface area contributed by atoms with Crippen molar-refractivity contribution in [3.05, 3.63) is 0 Å². The smallest absolute Gasteiger partial charge is 0.312 e. The zero-order valence-electron chi connectivity index (χ0n) is 35.9. The van der Waals surface area contributed by atoms with Gasteiger partial charge >= 0.3 is 17.9 Å². The molecule has 0 radical (unpaired) electrons. The number of hydrogen-bond donors (Lipinski definition) is 4. The second kappa shape index (κ2) is 39.1. The number of carbonyl (C=O) groups is 3. The molecule has 0 aromatic heterocycles. The molecule has 0 fully saturated rings. The van der Waals surface area contributed by atoms with Crippen LogP contribution >= 0.6 is 0 Å². The van der Waals surface area contributed by atoms with Crippen molar-refractivity contribution in [3.63, 3.8) is 0 Å². The summed E-state index contributed by atoms with van der Waals surface area (Å²) in [6.07, 6.45) is 33.8. The summed E-state index contributed by atoms with van der Waals surface area (Å²) in [7, 11) is 0. The van der Waals surface area contributed by atoms with E-state index in [4.69, 9.17) is 14.6 Å². The number of unbranched alkanes of at least 4 members (excludes halogenated alkanes) is 27. The fourth-order valence-corrected chi connectivity index (χ4v) is 7.65. The van der Waals surface area contributed by atoms with Crippen molar-refractivity contribution < 1.29 is 44.3 Å². The number of esters is 2. The van der Waals surface area contributed by atoms with Crippen molar-refractivity contribution in [1.82, 2.24) is 0 Å². The highest BCUT2D eigenvalue weighted by atomic mass is 16.6. The number of hydrogen-bond acceptors (Lipinski definition) is 8. The maximum Gasteiger partial charge on any atom is 0.312 e. The summed E-state index contributed by atoms with van der Waals surface area (Å²) in [6.45, 7) is 3.30. The average molecular weight is 785 g/mol. The van der Waals surface area contributed by atoms with Gasteiger partial charge in [0.1, 0.15) is 6.61 Å². The van der Waals surface area contributed by atoms with Crippen LogP contribution in [-0.2, 0) is 23.9 Å². The Morgan fingerprint density at radius 3 is 1.25 bits per heavy atom. The Bertz CT molecular complexity index is 881. The molecule has 0 aromatic carbocycles. The third-order valence-electron chi connectivity index (χ3n) is 11.2. The fraction of sp³-hybridized carbons (Fsp3) is 0.935. The van der Waals surface area contributed by atoms with Crippen LogP contribution in [0.15, 0.2) is 0 Å². The molecule has 0 saturated carbocycles. The topological polar surface area (TPSA) is 151 Å². The van der Waals surface area contributed by atoms with E-state index in [-0.39, 0.29) is 25.4 Å². The minimum absolute atomic E-state index is 0.107. The molecule has 0 heterocycles. The summed E-state index contributed by atoms with van der Waals surface area (Å²) < 4.78 is 11.3. The van der Waals surface area contributed by atoms with Crippen LogP contribution in [0.2, 0.25) is 0 Å². The van der Waals surface area contributed by atoms with Crippen LogP contribution in [0.3, 0.4) is 0 Å². The van der Waals surface area contributed by atoms with Gasteiger partial charge in [-0.05, 0) is 32.1 Å². The zero-order valence-corrected chi connectivity index (χ0v) is 35.9. The SMILES string of the molecule is CCCCCCCCCCCCCC(=O)OCC(CO)OC(=O)C(CCCCCC)(CCCCCCCCCCCCCCCCCC(=O)O)CC(O)CO. The van der Waals surface area contributed by atoms with E-state index < -0.39 is 42.8 Å². The minimum Gasteiger partial charge on any atom is -0.481 e. The summed E-state index contributed by atoms with van der Waals surface area (Å²) in [5, 5.41) is 39.1. The molecule has 4 N–H and O–H groups in total. The van der Waals surface area contributed by atoms with Crippen molar-refractivity contribution in [2.75, 3.05) is 19.8 Å². The van der Waals surface area contributed by atoms with Crippen molar-refractivity contribution >= 4 is 17.9 Å². The highest BCUT2D eigenvalue weighted by Crippen LogP contribution is 2.39. The molecule has 0 aromatic rings. The first-order chi connectivity index (χ1) is 26.7. The normalized spacial score (nSPS) is 13.7. The summed E-state index contributed by atoms with van der Waals surface area (Å²) >= 11 is 0. The molecule has 3 unspecified atom stereocenters. The maximum atomic E-state index is 13.9. The standard InChI is InChI=1S/C46H88O9/c1-3-5-7-9-10-11-17-21-24-27-30-34-44(52)54-40-42(39-48)55-45(53)46(37-41(49)38-47,35-31-8-6-4-2)36-32-28-25-22-19-16-14-12-13-15-18-20-23-26-29-33-43(50)51/h41-42,47-49H,3-40H2,1-2H3,(H,50,51). The highest BCUT2D eigenvalue weighted by molar-refractivity contribution is 5.77. The van der Waals surface area contributed by atoms with E-state index in [1.54, 1.807) is 0 Å². The number of carboxylic acids is 1. The van der Waals surface area contributed by atoms with Gasteiger partial charge in [-0.25, -0.2) is 0 Å². The summed E-state index contributed by atoms with van der Waals surface area (Å²) in [5.41, 5.74) is -0.971. The molecule has 0 amide bonds. The van der Waals surface area contributed by atoms with Crippen molar-refractivity contribution in [2.45, 2.75) is 251 Å². The molecule has 0 aliphatic carbocycles. The van der Waals surface area contributed by atoms with Gasteiger partial charge in [0.2, 0.25) is 0 Å². The lowest BCUT2D eigenvalue weighted by Crippen LogP contribution is -2.41. The predicted molar refractivity (Wildman–Crippen MR) is 224 cm³/mol. The van der Waals surface area contributed by atoms with E-state index in [0.29, 0.717) is 19.3 Å². The largest absolute Gasteiger partial charge is 0.481 e. The van der Waals surface area contributed by atoms with Gasteiger partial charge in [-0.2, -0.15) is 0 Å². The number of aliphatic hydroxyl groups excluding tert-OH is 3. The van der Waals surface area contributed by atoms with Gasteiger partial charge in [-0.1, -0.05) is 194 Å².